The Balaban J connectivity index is 1.53. The molecular formula is C25H37N3O3S2. The van der Waals surface area contributed by atoms with E-state index in [-0.39, 0.29) is 6.04 Å². The van der Waals surface area contributed by atoms with Crippen LogP contribution in [0.2, 0.25) is 0 Å². The second-order valence-electron chi connectivity index (χ2n) is 9.88. The molecule has 1 heterocycles. The maximum atomic E-state index is 13.2. The van der Waals surface area contributed by atoms with Crippen molar-refractivity contribution in [3.63, 3.8) is 0 Å². The van der Waals surface area contributed by atoms with Gasteiger partial charge in [0.05, 0.1) is 21.6 Å². The molecule has 8 heteroatoms. The minimum atomic E-state index is -3.68. The fraction of sp³-hybridized carbons (Fsp3) is 0.640. The van der Waals surface area contributed by atoms with Crippen LogP contribution in [0.15, 0.2) is 23.1 Å². The van der Waals surface area contributed by atoms with Gasteiger partial charge in [0.2, 0.25) is 10.0 Å². The molecule has 2 saturated carbocycles. The van der Waals surface area contributed by atoms with E-state index < -0.39 is 16.1 Å². The first-order valence-corrected chi connectivity index (χ1v) is 14.6. The summed E-state index contributed by atoms with van der Waals surface area (Å²) in [5.74, 6) is 0.687. The number of rotatable bonds is 7. The molecule has 1 aromatic heterocycles. The lowest BCUT2D eigenvalue weighted by molar-refractivity contribution is 0.117. The molecule has 2 fully saturated rings. The molecule has 2 unspecified atom stereocenters. The van der Waals surface area contributed by atoms with Crippen LogP contribution in [0, 0.1) is 19.8 Å². The van der Waals surface area contributed by atoms with Gasteiger partial charge in [0.15, 0.2) is 5.13 Å². The minimum Gasteiger partial charge on any atom is -0.393 e. The van der Waals surface area contributed by atoms with Gasteiger partial charge in [-0.1, -0.05) is 42.7 Å². The van der Waals surface area contributed by atoms with Crippen molar-refractivity contribution in [2.24, 2.45) is 5.92 Å². The number of benzene rings is 1. The third kappa shape index (κ3) is 5.96. The van der Waals surface area contributed by atoms with Gasteiger partial charge in [0.1, 0.15) is 0 Å². The largest absolute Gasteiger partial charge is 0.393 e. The fourth-order valence-electron chi connectivity index (χ4n) is 5.26. The van der Waals surface area contributed by atoms with Gasteiger partial charge in [-0.2, -0.15) is 0 Å². The molecule has 2 aliphatic carbocycles. The summed E-state index contributed by atoms with van der Waals surface area (Å²) in [6, 6.07) is 5.78. The maximum Gasteiger partial charge on any atom is 0.241 e. The Morgan fingerprint density at radius 2 is 1.85 bits per heavy atom. The van der Waals surface area contributed by atoms with Gasteiger partial charge in [-0.05, 0) is 82.4 Å². The van der Waals surface area contributed by atoms with Crippen LogP contribution in [0.4, 0.5) is 5.13 Å². The molecule has 0 amide bonds. The molecule has 0 aliphatic heterocycles. The normalized spacial score (nSPS) is 23.4. The predicted octanol–water partition coefficient (Wildman–Crippen LogP) is 5.39. The number of nitrogens with zero attached hydrogens (tertiary/aromatic N) is 1. The Hall–Kier alpha value is -1.48. The SMILES string of the molecule is Cc1ccc(-c2sc(N[C@@H](C)C3CCCCC3)nc2C)cc1S(=O)(=O)NC1CCCC(O)C1. The van der Waals surface area contributed by atoms with Gasteiger partial charge in [0.25, 0.3) is 0 Å². The van der Waals surface area contributed by atoms with Crippen molar-refractivity contribution >= 4 is 26.5 Å². The number of nitrogens with one attached hydrogen (secondary N) is 2. The van der Waals surface area contributed by atoms with Crippen molar-refractivity contribution in [2.45, 2.75) is 102 Å². The Kier molecular flexibility index (Phi) is 7.78. The van der Waals surface area contributed by atoms with Crippen molar-refractivity contribution in [3.05, 3.63) is 29.5 Å². The average molecular weight is 492 g/mol. The molecule has 4 rings (SSSR count). The third-order valence-electron chi connectivity index (χ3n) is 7.21. The Morgan fingerprint density at radius 3 is 2.58 bits per heavy atom. The van der Waals surface area contributed by atoms with Crippen molar-refractivity contribution in [1.29, 1.82) is 0 Å². The summed E-state index contributed by atoms with van der Waals surface area (Å²) in [4.78, 5) is 6.05. The third-order valence-corrected chi connectivity index (χ3v) is 10.0. The molecule has 0 spiro atoms. The highest BCUT2D eigenvalue weighted by Gasteiger charge is 2.27. The topological polar surface area (TPSA) is 91.3 Å². The van der Waals surface area contributed by atoms with Crippen LogP contribution in [0.5, 0.6) is 0 Å². The maximum absolute atomic E-state index is 13.2. The zero-order valence-electron chi connectivity index (χ0n) is 19.9. The van der Waals surface area contributed by atoms with E-state index in [0.717, 1.165) is 40.5 Å². The predicted molar refractivity (Wildman–Crippen MR) is 135 cm³/mol. The van der Waals surface area contributed by atoms with Gasteiger partial charge in [-0.3, -0.25) is 0 Å². The molecule has 33 heavy (non-hydrogen) atoms. The zero-order chi connectivity index (χ0) is 23.6. The molecule has 3 atom stereocenters. The van der Waals surface area contributed by atoms with E-state index in [1.165, 1.54) is 32.1 Å². The van der Waals surface area contributed by atoms with Gasteiger partial charge in [0, 0.05) is 12.1 Å². The molecule has 0 bridgehead atoms. The lowest BCUT2D eigenvalue weighted by Gasteiger charge is -2.28. The standard InChI is InChI=1S/C25H37N3O3S2/c1-16-12-13-20(14-23(16)33(30,31)28-21-10-7-11-22(29)15-21)24-18(3)27-25(32-24)26-17(2)19-8-5-4-6-9-19/h12-14,17,19,21-22,28-29H,4-11,15H2,1-3H3,(H,26,27)/t17-,21?,22?/m0/s1. The van der Waals surface area contributed by atoms with Crippen LogP contribution < -0.4 is 10.0 Å². The summed E-state index contributed by atoms with van der Waals surface area (Å²) in [6.07, 6.45) is 8.90. The molecule has 1 aromatic carbocycles. The molecular weight excluding hydrogens is 454 g/mol. The zero-order valence-corrected chi connectivity index (χ0v) is 21.6. The second kappa shape index (κ2) is 10.4. The van der Waals surface area contributed by atoms with Gasteiger partial charge < -0.3 is 10.4 Å². The molecule has 2 aliphatic rings. The van der Waals surface area contributed by atoms with Crippen LogP contribution in [0.3, 0.4) is 0 Å². The van der Waals surface area contributed by atoms with E-state index in [0.29, 0.717) is 28.8 Å². The average Bonchev–Trinajstić information content (AvgIpc) is 3.14. The summed E-state index contributed by atoms with van der Waals surface area (Å²) in [7, 11) is -3.68. The first-order chi connectivity index (χ1) is 15.7. The number of aliphatic hydroxyl groups excluding tert-OH is 1. The van der Waals surface area contributed by atoms with Crippen LogP contribution >= 0.6 is 11.3 Å². The number of aryl methyl sites for hydroxylation is 2. The number of aliphatic hydroxyl groups is 1. The molecule has 6 nitrogen and oxygen atoms in total. The summed E-state index contributed by atoms with van der Waals surface area (Å²) in [5, 5.41) is 14.4. The molecule has 0 radical (unpaired) electrons. The number of thiazole rings is 1. The minimum absolute atomic E-state index is 0.218. The van der Waals surface area contributed by atoms with Crippen molar-refractivity contribution in [2.75, 3.05) is 5.32 Å². The van der Waals surface area contributed by atoms with Gasteiger partial charge in [-0.25, -0.2) is 18.1 Å². The highest BCUT2D eigenvalue weighted by Crippen LogP contribution is 2.36. The second-order valence-corrected chi connectivity index (χ2v) is 12.6. The quantitative estimate of drug-likeness (QED) is 0.483. The van der Waals surface area contributed by atoms with Crippen LogP contribution in [-0.2, 0) is 10.0 Å². The van der Waals surface area contributed by atoms with Crippen molar-refractivity contribution in [1.82, 2.24) is 9.71 Å². The molecule has 2 aromatic rings. The molecule has 3 N–H and O–H groups in total. The van der Waals surface area contributed by atoms with E-state index >= 15 is 0 Å². The van der Waals surface area contributed by atoms with Crippen LogP contribution in [0.25, 0.3) is 10.4 Å². The summed E-state index contributed by atoms with van der Waals surface area (Å²) in [6.45, 7) is 6.06. The molecule has 0 saturated heterocycles. The summed E-state index contributed by atoms with van der Waals surface area (Å²) >= 11 is 1.60. The van der Waals surface area contributed by atoms with E-state index in [4.69, 9.17) is 4.98 Å². The lowest BCUT2D eigenvalue weighted by atomic mass is 9.85. The summed E-state index contributed by atoms with van der Waals surface area (Å²) < 4.78 is 29.2. The highest BCUT2D eigenvalue weighted by molar-refractivity contribution is 7.89. The number of anilines is 1. The van der Waals surface area contributed by atoms with Crippen LogP contribution in [-0.4, -0.2) is 36.7 Å². The smallest absolute Gasteiger partial charge is 0.241 e. The Bertz CT molecular complexity index is 1060. The fourth-order valence-corrected chi connectivity index (χ4v) is 7.87. The Morgan fingerprint density at radius 1 is 1.09 bits per heavy atom. The van der Waals surface area contributed by atoms with Crippen LogP contribution in [0.1, 0.15) is 76.0 Å². The van der Waals surface area contributed by atoms with E-state index in [9.17, 15) is 13.5 Å². The first-order valence-electron chi connectivity index (χ1n) is 12.3. The number of aromatic nitrogens is 1. The van der Waals surface area contributed by atoms with E-state index in [2.05, 4.69) is 17.0 Å². The monoisotopic (exact) mass is 491 g/mol. The Labute approximate surface area is 202 Å². The van der Waals surface area contributed by atoms with E-state index in [1.807, 2.05) is 26.0 Å². The number of hydrogen-bond donors (Lipinski definition) is 3. The number of hydrogen-bond acceptors (Lipinski definition) is 6. The summed E-state index contributed by atoms with van der Waals surface area (Å²) in [5.41, 5.74) is 2.50. The lowest BCUT2D eigenvalue weighted by Crippen LogP contribution is -2.39. The van der Waals surface area contributed by atoms with E-state index in [1.54, 1.807) is 17.4 Å². The van der Waals surface area contributed by atoms with Gasteiger partial charge in [-0.15, -0.1) is 0 Å². The van der Waals surface area contributed by atoms with Crippen molar-refractivity contribution in [3.8, 4) is 10.4 Å². The highest BCUT2D eigenvalue weighted by atomic mass is 32.2. The number of sulfonamides is 1. The molecule has 182 valence electrons. The van der Waals surface area contributed by atoms with Crippen molar-refractivity contribution < 1.29 is 13.5 Å². The first kappa shape index (κ1) is 24.6. The van der Waals surface area contributed by atoms with Gasteiger partial charge >= 0.3 is 0 Å².